The fourth-order valence-corrected chi connectivity index (χ4v) is 3.06. The number of ether oxygens (including phenoxy) is 2. The summed E-state index contributed by atoms with van der Waals surface area (Å²) in [7, 11) is 0. The van der Waals surface area contributed by atoms with Crippen LogP contribution in [0.15, 0.2) is 36.4 Å². The van der Waals surface area contributed by atoms with Gasteiger partial charge in [-0.3, -0.25) is 0 Å². The van der Waals surface area contributed by atoms with Gasteiger partial charge >= 0.3 is 6.16 Å². The average Bonchev–Trinajstić information content (AvgIpc) is 2.54. The summed E-state index contributed by atoms with van der Waals surface area (Å²) < 4.78 is 11.0. The summed E-state index contributed by atoms with van der Waals surface area (Å²) in [6, 6.07) is 11.6. The van der Waals surface area contributed by atoms with Gasteiger partial charge in [-0.25, -0.2) is 4.79 Å². The number of rotatable bonds is 6. The van der Waals surface area contributed by atoms with E-state index in [0.717, 1.165) is 24.0 Å². The number of hydrogen-bond donors (Lipinski definition) is 0. The first-order valence-corrected chi connectivity index (χ1v) is 9.34. The van der Waals surface area contributed by atoms with E-state index >= 15 is 0 Å². The van der Waals surface area contributed by atoms with Gasteiger partial charge in [0, 0.05) is 0 Å². The van der Waals surface area contributed by atoms with Crippen LogP contribution in [0.3, 0.4) is 0 Å². The van der Waals surface area contributed by atoms with Crippen LogP contribution in [0.2, 0.25) is 0 Å². The Hall–Kier alpha value is -2.29. The molecule has 26 heavy (non-hydrogen) atoms. The first-order valence-electron chi connectivity index (χ1n) is 9.34. The first-order chi connectivity index (χ1) is 12.3. The Morgan fingerprint density at radius 1 is 0.769 bits per heavy atom. The topological polar surface area (TPSA) is 35.5 Å². The fourth-order valence-electron chi connectivity index (χ4n) is 3.06. The van der Waals surface area contributed by atoms with Crippen molar-refractivity contribution in [2.24, 2.45) is 11.8 Å². The third kappa shape index (κ3) is 5.35. The van der Waals surface area contributed by atoms with Crippen LogP contribution in [0, 0.1) is 25.7 Å². The second-order valence-corrected chi connectivity index (χ2v) is 7.73. The molecule has 0 saturated carbocycles. The van der Waals surface area contributed by atoms with E-state index in [9.17, 15) is 4.79 Å². The lowest BCUT2D eigenvalue weighted by molar-refractivity contribution is 0.151. The lowest BCUT2D eigenvalue weighted by Crippen LogP contribution is -2.16. The first kappa shape index (κ1) is 20.0. The van der Waals surface area contributed by atoms with Gasteiger partial charge in [-0.2, -0.15) is 0 Å². The molecule has 0 aliphatic carbocycles. The maximum Gasteiger partial charge on any atom is 0.519 e. The van der Waals surface area contributed by atoms with E-state index in [1.165, 1.54) is 11.1 Å². The van der Waals surface area contributed by atoms with Crippen LogP contribution in [0.4, 0.5) is 4.79 Å². The SMILES string of the molecule is Cc1c(CC(C)C)cccc1OC(=O)Oc1cccc(CC(C)C)c1C. The molecule has 0 saturated heterocycles. The Kier molecular flexibility index (Phi) is 6.84. The fraction of sp³-hybridized carbons (Fsp3) is 0.435. The molecule has 0 bridgehead atoms. The van der Waals surface area contributed by atoms with Crippen molar-refractivity contribution in [2.45, 2.75) is 54.4 Å². The molecule has 140 valence electrons. The summed E-state index contributed by atoms with van der Waals surface area (Å²) in [5.74, 6) is 2.21. The zero-order chi connectivity index (χ0) is 19.3. The molecule has 0 unspecified atom stereocenters. The largest absolute Gasteiger partial charge is 0.519 e. The van der Waals surface area contributed by atoms with Crippen LogP contribution < -0.4 is 9.47 Å². The minimum absolute atomic E-state index is 0.544. The summed E-state index contributed by atoms with van der Waals surface area (Å²) in [4.78, 5) is 12.3. The van der Waals surface area contributed by atoms with Crippen molar-refractivity contribution in [2.75, 3.05) is 0 Å². The molecule has 0 heterocycles. The minimum Gasteiger partial charge on any atom is -0.394 e. The van der Waals surface area contributed by atoms with Gasteiger partial charge in [-0.05, 0) is 72.9 Å². The van der Waals surface area contributed by atoms with Crippen LogP contribution in [-0.4, -0.2) is 6.16 Å². The lowest BCUT2D eigenvalue weighted by atomic mass is 9.98. The van der Waals surface area contributed by atoms with Crippen LogP contribution in [-0.2, 0) is 12.8 Å². The van der Waals surface area contributed by atoms with E-state index < -0.39 is 6.16 Å². The minimum atomic E-state index is -0.695. The molecule has 0 atom stereocenters. The molecule has 0 N–H and O–H groups in total. The van der Waals surface area contributed by atoms with Gasteiger partial charge in [0.05, 0.1) is 0 Å². The van der Waals surface area contributed by atoms with Crippen LogP contribution in [0.5, 0.6) is 11.5 Å². The van der Waals surface area contributed by atoms with Crippen LogP contribution >= 0.6 is 0 Å². The van der Waals surface area contributed by atoms with E-state index in [1.807, 2.05) is 38.1 Å². The van der Waals surface area contributed by atoms with Gasteiger partial charge in [0.25, 0.3) is 0 Å². The van der Waals surface area contributed by atoms with Crippen molar-refractivity contribution in [1.29, 1.82) is 0 Å². The van der Waals surface area contributed by atoms with Crippen LogP contribution in [0.1, 0.15) is 49.9 Å². The summed E-state index contributed by atoms with van der Waals surface area (Å²) >= 11 is 0. The zero-order valence-electron chi connectivity index (χ0n) is 16.8. The van der Waals surface area contributed by atoms with Gasteiger partial charge in [-0.15, -0.1) is 0 Å². The van der Waals surface area contributed by atoms with Crippen molar-refractivity contribution in [3.05, 3.63) is 58.7 Å². The average molecular weight is 354 g/mol. The summed E-state index contributed by atoms with van der Waals surface area (Å²) in [6.45, 7) is 12.7. The predicted octanol–water partition coefficient (Wildman–Crippen LogP) is 6.28. The molecule has 0 amide bonds. The molecule has 0 fully saturated rings. The molecule has 2 rings (SSSR count). The quantitative estimate of drug-likeness (QED) is 0.452. The smallest absolute Gasteiger partial charge is 0.394 e. The monoisotopic (exact) mass is 354 g/mol. The summed E-state index contributed by atoms with van der Waals surface area (Å²) in [6.07, 6.45) is 1.21. The highest BCUT2D eigenvalue weighted by molar-refractivity contribution is 5.68. The van der Waals surface area contributed by atoms with Crippen molar-refractivity contribution in [3.8, 4) is 11.5 Å². The highest BCUT2D eigenvalue weighted by Gasteiger charge is 2.15. The molecule has 0 spiro atoms. The molecule has 0 aliphatic heterocycles. The molecule has 0 aliphatic rings. The molecule has 3 heteroatoms. The number of carbonyl (C=O) groups is 1. The van der Waals surface area contributed by atoms with Crippen molar-refractivity contribution < 1.29 is 14.3 Å². The highest BCUT2D eigenvalue weighted by atomic mass is 16.7. The van der Waals surface area contributed by atoms with E-state index in [-0.39, 0.29) is 0 Å². The van der Waals surface area contributed by atoms with E-state index in [2.05, 4.69) is 39.8 Å². The molecule has 2 aromatic rings. The second kappa shape index (κ2) is 8.88. The lowest BCUT2D eigenvalue weighted by Gasteiger charge is -2.15. The van der Waals surface area contributed by atoms with Gasteiger partial charge < -0.3 is 9.47 Å². The number of hydrogen-bond acceptors (Lipinski definition) is 3. The normalized spacial score (nSPS) is 11.1. The van der Waals surface area contributed by atoms with Crippen molar-refractivity contribution >= 4 is 6.16 Å². The Labute approximate surface area is 157 Å². The molecular weight excluding hydrogens is 324 g/mol. The third-order valence-corrected chi connectivity index (χ3v) is 4.44. The van der Waals surface area contributed by atoms with E-state index in [1.54, 1.807) is 0 Å². The second-order valence-electron chi connectivity index (χ2n) is 7.73. The van der Waals surface area contributed by atoms with Crippen molar-refractivity contribution in [3.63, 3.8) is 0 Å². The molecule has 0 radical (unpaired) electrons. The Morgan fingerprint density at radius 3 is 1.50 bits per heavy atom. The van der Waals surface area contributed by atoms with Gasteiger partial charge in [-0.1, -0.05) is 52.0 Å². The van der Waals surface area contributed by atoms with E-state index in [0.29, 0.717) is 23.3 Å². The maximum absolute atomic E-state index is 12.3. The summed E-state index contributed by atoms with van der Waals surface area (Å²) in [5.41, 5.74) is 4.37. The Morgan fingerprint density at radius 2 is 1.15 bits per heavy atom. The van der Waals surface area contributed by atoms with E-state index in [4.69, 9.17) is 9.47 Å². The number of benzene rings is 2. The van der Waals surface area contributed by atoms with Gasteiger partial charge in [0.2, 0.25) is 0 Å². The van der Waals surface area contributed by atoms with Gasteiger partial charge in [0.15, 0.2) is 0 Å². The van der Waals surface area contributed by atoms with Crippen LogP contribution in [0.25, 0.3) is 0 Å². The summed E-state index contributed by atoms with van der Waals surface area (Å²) in [5, 5.41) is 0. The molecule has 0 aromatic heterocycles. The maximum atomic E-state index is 12.3. The Bertz CT molecular complexity index is 697. The number of carbonyl (C=O) groups excluding carboxylic acids is 1. The third-order valence-electron chi connectivity index (χ3n) is 4.44. The molecule has 3 nitrogen and oxygen atoms in total. The van der Waals surface area contributed by atoms with Crippen molar-refractivity contribution in [1.82, 2.24) is 0 Å². The highest BCUT2D eigenvalue weighted by Crippen LogP contribution is 2.26. The molecule has 2 aromatic carbocycles. The van der Waals surface area contributed by atoms with Gasteiger partial charge in [0.1, 0.15) is 11.5 Å². The predicted molar refractivity (Wildman–Crippen MR) is 106 cm³/mol. The Balaban J connectivity index is 2.12. The standard InChI is InChI=1S/C23H30O3/c1-15(2)13-19-9-7-11-21(17(19)5)25-23(24)26-22-12-8-10-20(18(22)6)14-16(3)4/h7-12,15-16H,13-14H2,1-6H3. The zero-order valence-corrected chi connectivity index (χ0v) is 16.8. The molecular formula is C23H30O3.